The number of anilines is 1. The van der Waals surface area contributed by atoms with E-state index >= 15 is 0 Å². The number of hydrogen-bond acceptors (Lipinski definition) is 5. The molecule has 1 saturated carbocycles. The molecule has 2 aromatic rings. The molecule has 7 nitrogen and oxygen atoms in total. The van der Waals surface area contributed by atoms with E-state index in [1.807, 2.05) is 25.1 Å². The van der Waals surface area contributed by atoms with Crippen molar-refractivity contribution in [2.45, 2.75) is 45.1 Å². The number of amides is 1. The Bertz CT molecular complexity index is 857. The zero-order valence-electron chi connectivity index (χ0n) is 17.1. The lowest BCUT2D eigenvalue weighted by Crippen LogP contribution is -2.36. The van der Waals surface area contributed by atoms with Crippen molar-refractivity contribution in [3.63, 3.8) is 0 Å². The zero-order valence-corrected chi connectivity index (χ0v) is 18.7. The van der Waals surface area contributed by atoms with Crippen LogP contribution in [0, 0.1) is 5.41 Å². The number of nitrogens with zero attached hydrogens (tertiary/aromatic N) is 2. The Kier molecular flexibility index (Phi) is 9.68. The van der Waals surface area contributed by atoms with Crippen LogP contribution in [-0.2, 0) is 11.3 Å². The van der Waals surface area contributed by atoms with Crippen LogP contribution in [0.4, 0.5) is 5.69 Å². The molecule has 3 rings (SSSR count). The third kappa shape index (κ3) is 6.22. The average Bonchev–Trinajstić information content (AvgIpc) is 2.95. The van der Waals surface area contributed by atoms with E-state index in [4.69, 9.17) is 10.2 Å². The van der Waals surface area contributed by atoms with Gasteiger partial charge in [-0.15, -0.1) is 24.8 Å². The van der Waals surface area contributed by atoms with Crippen molar-refractivity contribution in [1.82, 2.24) is 9.47 Å². The van der Waals surface area contributed by atoms with Crippen molar-refractivity contribution in [3.8, 4) is 0 Å². The van der Waals surface area contributed by atoms with Crippen LogP contribution >= 0.6 is 24.8 Å². The minimum absolute atomic E-state index is 0. The Labute approximate surface area is 183 Å². The lowest BCUT2D eigenvalue weighted by Gasteiger charge is -2.35. The monoisotopic (exact) mass is 446 g/mol. The first kappa shape index (κ1) is 25.5. The van der Waals surface area contributed by atoms with Crippen molar-refractivity contribution in [2.75, 3.05) is 32.5 Å². The van der Waals surface area contributed by atoms with Gasteiger partial charge in [-0.05, 0) is 57.1 Å². The molecule has 0 bridgehead atoms. The van der Waals surface area contributed by atoms with Crippen LogP contribution in [0.3, 0.4) is 0 Å². The molecule has 0 saturated heterocycles. The van der Waals surface area contributed by atoms with Crippen molar-refractivity contribution in [3.05, 3.63) is 28.7 Å². The van der Waals surface area contributed by atoms with Crippen LogP contribution in [0.25, 0.3) is 11.1 Å². The van der Waals surface area contributed by atoms with E-state index in [9.17, 15) is 9.59 Å². The first-order valence-corrected chi connectivity index (χ1v) is 9.70. The number of carbonyl (C=O) groups excluding carboxylic acids is 1. The standard InChI is InChI=1S/C20H30N4O3.2ClH/c1-23(2)10-11-24-16-12-15(6-7-17(16)27-19(24)26)22-18(25)13-20(14-21)8-4-3-5-9-20;;/h6-7,12H,3-5,8-11,13-14,21H2,1-2H3,(H,22,25);2*1H. The predicted molar refractivity (Wildman–Crippen MR) is 121 cm³/mol. The largest absolute Gasteiger partial charge is 0.419 e. The highest BCUT2D eigenvalue weighted by atomic mass is 35.5. The smallest absolute Gasteiger partial charge is 0.408 e. The molecule has 164 valence electrons. The highest BCUT2D eigenvalue weighted by Gasteiger charge is 2.33. The molecule has 1 aromatic carbocycles. The molecule has 3 N–H and O–H groups in total. The van der Waals surface area contributed by atoms with Gasteiger partial charge in [0.1, 0.15) is 0 Å². The molecule has 0 radical (unpaired) electrons. The first-order chi connectivity index (χ1) is 12.9. The normalized spacial score (nSPS) is 15.6. The van der Waals surface area contributed by atoms with E-state index in [2.05, 4.69) is 5.32 Å². The molecule has 9 heteroatoms. The number of likely N-dealkylation sites (N-methyl/N-ethyl adjacent to an activating group) is 1. The van der Waals surface area contributed by atoms with Crippen LogP contribution < -0.4 is 16.8 Å². The van der Waals surface area contributed by atoms with E-state index in [0.717, 1.165) is 32.2 Å². The lowest BCUT2D eigenvalue weighted by atomic mass is 9.71. The van der Waals surface area contributed by atoms with Gasteiger partial charge in [0.05, 0.1) is 5.52 Å². The van der Waals surface area contributed by atoms with Gasteiger partial charge in [-0.2, -0.15) is 0 Å². The number of nitrogens with one attached hydrogen (secondary N) is 1. The van der Waals surface area contributed by atoms with Crippen LogP contribution in [0.1, 0.15) is 38.5 Å². The number of carbonyl (C=O) groups is 1. The maximum absolute atomic E-state index is 12.6. The zero-order chi connectivity index (χ0) is 19.4. The second-order valence-corrected chi connectivity index (χ2v) is 8.00. The summed E-state index contributed by atoms with van der Waals surface area (Å²) in [5.74, 6) is -0.396. The predicted octanol–water partition coefficient (Wildman–Crippen LogP) is 3.24. The van der Waals surface area contributed by atoms with Crippen molar-refractivity contribution in [1.29, 1.82) is 0 Å². The number of rotatable bonds is 7. The molecule has 1 heterocycles. The van der Waals surface area contributed by atoms with E-state index in [-0.39, 0.29) is 41.9 Å². The molecule has 0 atom stereocenters. The summed E-state index contributed by atoms with van der Waals surface area (Å²) in [5, 5.41) is 2.98. The van der Waals surface area contributed by atoms with E-state index < -0.39 is 0 Å². The number of benzene rings is 1. The van der Waals surface area contributed by atoms with Crippen LogP contribution in [0.2, 0.25) is 0 Å². The Morgan fingerprint density at radius 3 is 2.55 bits per heavy atom. The summed E-state index contributed by atoms with van der Waals surface area (Å²) in [5.41, 5.74) is 7.83. The minimum atomic E-state index is -0.375. The van der Waals surface area contributed by atoms with Gasteiger partial charge < -0.3 is 20.4 Å². The second kappa shape index (κ2) is 11.0. The van der Waals surface area contributed by atoms with Crippen molar-refractivity contribution < 1.29 is 9.21 Å². The quantitative estimate of drug-likeness (QED) is 0.680. The summed E-state index contributed by atoms with van der Waals surface area (Å²) < 4.78 is 6.91. The van der Waals surface area contributed by atoms with Gasteiger partial charge >= 0.3 is 5.76 Å². The van der Waals surface area contributed by atoms with E-state index in [1.54, 1.807) is 16.7 Å². The topological polar surface area (TPSA) is 93.5 Å². The molecule has 1 amide bonds. The van der Waals surface area contributed by atoms with Crippen molar-refractivity contribution >= 4 is 47.5 Å². The summed E-state index contributed by atoms with van der Waals surface area (Å²) in [6.45, 7) is 1.81. The number of hydrogen-bond donors (Lipinski definition) is 2. The number of nitrogens with two attached hydrogens (primary N) is 1. The van der Waals surface area contributed by atoms with Gasteiger partial charge in [0.15, 0.2) is 5.58 Å². The lowest BCUT2D eigenvalue weighted by molar-refractivity contribution is -0.118. The van der Waals surface area contributed by atoms with Crippen LogP contribution in [-0.4, -0.2) is 42.6 Å². The van der Waals surface area contributed by atoms with Crippen molar-refractivity contribution in [2.24, 2.45) is 11.1 Å². The third-order valence-electron chi connectivity index (χ3n) is 5.60. The van der Waals surface area contributed by atoms with Gasteiger partial charge in [-0.1, -0.05) is 19.3 Å². The maximum atomic E-state index is 12.6. The molecule has 0 unspecified atom stereocenters. The molecule has 29 heavy (non-hydrogen) atoms. The van der Waals surface area contributed by atoms with Gasteiger partial charge in [-0.3, -0.25) is 9.36 Å². The number of oxazole rings is 1. The van der Waals surface area contributed by atoms with Gasteiger partial charge in [0.25, 0.3) is 0 Å². The highest BCUT2D eigenvalue weighted by Crippen LogP contribution is 2.38. The Hall–Kier alpha value is -1.54. The molecule has 1 aliphatic rings. The fraction of sp³-hybridized carbons (Fsp3) is 0.600. The molecule has 0 aliphatic heterocycles. The fourth-order valence-electron chi connectivity index (χ4n) is 3.95. The summed E-state index contributed by atoms with van der Waals surface area (Å²) in [6, 6.07) is 5.32. The summed E-state index contributed by atoms with van der Waals surface area (Å²) in [6.07, 6.45) is 5.99. The summed E-state index contributed by atoms with van der Waals surface area (Å²) in [7, 11) is 3.91. The molecular formula is C20H32Cl2N4O3. The molecule has 1 aromatic heterocycles. The molecule has 0 spiro atoms. The van der Waals surface area contributed by atoms with E-state index in [0.29, 0.717) is 36.3 Å². The summed E-state index contributed by atoms with van der Waals surface area (Å²) >= 11 is 0. The first-order valence-electron chi connectivity index (χ1n) is 9.70. The fourth-order valence-corrected chi connectivity index (χ4v) is 3.95. The Morgan fingerprint density at radius 2 is 1.93 bits per heavy atom. The SMILES string of the molecule is CN(C)CCn1c(=O)oc2ccc(NC(=O)CC3(CN)CCCCC3)cc21.Cl.Cl. The maximum Gasteiger partial charge on any atom is 0.419 e. The van der Waals surface area contributed by atoms with E-state index in [1.165, 1.54) is 6.42 Å². The highest BCUT2D eigenvalue weighted by molar-refractivity contribution is 5.93. The minimum Gasteiger partial charge on any atom is -0.408 e. The molecular weight excluding hydrogens is 415 g/mol. The molecule has 1 aliphatic carbocycles. The average molecular weight is 447 g/mol. The van der Waals surface area contributed by atoms with Gasteiger partial charge in [0.2, 0.25) is 5.91 Å². The van der Waals surface area contributed by atoms with Gasteiger partial charge in [-0.25, -0.2) is 4.79 Å². The second-order valence-electron chi connectivity index (χ2n) is 8.00. The number of fused-ring (bicyclic) bond motifs is 1. The number of aromatic nitrogens is 1. The number of halogens is 2. The van der Waals surface area contributed by atoms with Crippen LogP contribution in [0.15, 0.2) is 27.4 Å². The summed E-state index contributed by atoms with van der Waals surface area (Å²) in [4.78, 5) is 26.7. The van der Waals surface area contributed by atoms with Crippen LogP contribution in [0.5, 0.6) is 0 Å². The Morgan fingerprint density at radius 1 is 1.24 bits per heavy atom. The Balaban J connectivity index is 0.00000210. The van der Waals surface area contributed by atoms with Gasteiger partial charge in [0, 0.05) is 25.2 Å². The third-order valence-corrected chi connectivity index (χ3v) is 5.60. The molecule has 1 fully saturated rings.